The van der Waals surface area contributed by atoms with Crippen molar-refractivity contribution in [3.63, 3.8) is 0 Å². The molecule has 1 fully saturated rings. The van der Waals surface area contributed by atoms with Crippen LogP contribution in [0.5, 0.6) is 0 Å². The van der Waals surface area contributed by atoms with Crippen molar-refractivity contribution in [1.82, 2.24) is 0 Å². The second kappa shape index (κ2) is 3.86. The van der Waals surface area contributed by atoms with Gasteiger partial charge in [-0.15, -0.1) is 0 Å². The molecule has 0 amide bonds. The standard InChI is InChI=1S/C13H17NO/c1-2-4-12-11(3-1)9-13(14-12)10-5-7-15-8-6-10/h1-4,10,13-14H,5-9H2. The third-order valence-electron chi connectivity index (χ3n) is 3.63. The second-order valence-electron chi connectivity index (χ2n) is 4.56. The Morgan fingerprint density at radius 1 is 1.13 bits per heavy atom. The van der Waals surface area contributed by atoms with Gasteiger partial charge in [-0.1, -0.05) is 18.2 Å². The van der Waals surface area contributed by atoms with Gasteiger partial charge in [0.2, 0.25) is 0 Å². The van der Waals surface area contributed by atoms with E-state index in [1.165, 1.54) is 30.5 Å². The lowest BCUT2D eigenvalue weighted by atomic mass is 9.90. The van der Waals surface area contributed by atoms with Crippen LogP contribution in [0.25, 0.3) is 0 Å². The van der Waals surface area contributed by atoms with E-state index in [4.69, 9.17) is 4.74 Å². The molecule has 2 heterocycles. The molecule has 2 heteroatoms. The maximum Gasteiger partial charge on any atom is 0.0469 e. The van der Waals surface area contributed by atoms with E-state index in [0.29, 0.717) is 6.04 Å². The average Bonchev–Trinajstić information content (AvgIpc) is 2.74. The van der Waals surface area contributed by atoms with Crippen molar-refractivity contribution in [2.75, 3.05) is 18.5 Å². The van der Waals surface area contributed by atoms with Gasteiger partial charge in [0.25, 0.3) is 0 Å². The Morgan fingerprint density at radius 2 is 1.93 bits per heavy atom. The van der Waals surface area contributed by atoms with Gasteiger partial charge in [0.15, 0.2) is 0 Å². The Balaban J connectivity index is 1.72. The summed E-state index contributed by atoms with van der Waals surface area (Å²) in [6.45, 7) is 1.89. The molecule has 0 bridgehead atoms. The number of nitrogens with one attached hydrogen (secondary N) is 1. The van der Waals surface area contributed by atoms with Gasteiger partial charge in [0.1, 0.15) is 0 Å². The molecule has 0 aliphatic carbocycles. The van der Waals surface area contributed by atoms with Crippen molar-refractivity contribution in [1.29, 1.82) is 0 Å². The molecule has 0 radical (unpaired) electrons. The van der Waals surface area contributed by atoms with E-state index >= 15 is 0 Å². The predicted octanol–water partition coefficient (Wildman–Crippen LogP) is 2.45. The first-order valence-corrected chi connectivity index (χ1v) is 5.86. The minimum absolute atomic E-state index is 0.645. The first kappa shape index (κ1) is 9.22. The summed E-state index contributed by atoms with van der Waals surface area (Å²) >= 11 is 0. The molecule has 2 aliphatic heterocycles. The molecule has 3 rings (SSSR count). The number of fused-ring (bicyclic) bond motifs is 1. The Bertz CT molecular complexity index is 319. The fourth-order valence-electron chi connectivity index (χ4n) is 2.73. The molecular weight excluding hydrogens is 186 g/mol. The zero-order chi connectivity index (χ0) is 10.1. The van der Waals surface area contributed by atoms with Crippen LogP contribution in [-0.2, 0) is 11.2 Å². The third-order valence-corrected chi connectivity index (χ3v) is 3.63. The molecule has 1 saturated heterocycles. The van der Waals surface area contributed by atoms with E-state index in [-0.39, 0.29) is 0 Å². The lowest BCUT2D eigenvalue weighted by molar-refractivity contribution is 0.0612. The van der Waals surface area contributed by atoms with Gasteiger partial charge < -0.3 is 10.1 Å². The lowest BCUT2D eigenvalue weighted by Gasteiger charge is -2.27. The number of hydrogen-bond acceptors (Lipinski definition) is 2. The summed E-state index contributed by atoms with van der Waals surface area (Å²) < 4.78 is 5.41. The maximum atomic E-state index is 5.41. The van der Waals surface area contributed by atoms with Crippen molar-refractivity contribution in [2.45, 2.75) is 25.3 Å². The van der Waals surface area contributed by atoms with Crippen LogP contribution in [-0.4, -0.2) is 19.3 Å². The molecule has 80 valence electrons. The Kier molecular flexibility index (Phi) is 2.37. The van der Waals surface area contributed by atoms with Crippen molar-refractivity contribution in [2.24, 2.45) is 5.92 Å². The Morgan fingerprint density at radius 3 is 2.73 bits per heavy atom. The van der Waals surface area contributed by atoms with Gasteiger partial charge in [-0.2, -0.15) is 0 Å². The number of ether oxygens (including phenoxy) is 1. The molecule has 1 aromatic rings. The smallest absolute Gasteiger partial charge is 0.0469 e. The fourth-order valence-corrected chi connectivity index (χ4v) is 2.73. The number of benzene rings is 1. The third kappa shape index (κ3) is 1.74. The Labute approximate surface area is 90.6 Å². The van der Waals surface area contributed by atoms with E-state index in [1.807, 2.05) is 0 Å². The number of hydrogen-bond donors (Lipinski definition) is 1. The summed E-state index contributed by atoms with van der Waals surface area (Å²) in [5, 5.41) is 3.65. The SMILES string of the molecule is c1ccc2c(c1)CC(C1CCOCC1)N2. The fraction of sp³-hybridized carbons (Fsp3) is 0.538. The van der Waals surface area contributed by atoms with Gasteiger partial charge in [0.05, 0.1) is 0 Å². The molecule has 2 nitrogen and oxygen atoms in total. The van der Waals surface area contributed by atoms with Crippen LogP contribution in [0.2, 0.25) is 0 Å². The van der Waals surface area contributed by atoms with Gasteiger partial charge in [-0.25, -0.2) is 0 Å². The van der Waals surface area contributed by atoms with Crippen LogP contribution in [0.15, 0.2) is 24.3 Å². The van der Waals surface area contributed by atoms with Gasteiger partial charge in [-0.05, 0) is 36.8 Å². The highest BCUT2D eigenvalue weighted by molar-refractivity contribution is 5.56. The van der Waals surface area contributed by atoms with Crippen molar-refractivity contribution in [3.05, 3.63) is 29.8 Å². The zero-order valence-electron chi connectivity index (χ0n) is 8.91. The molecule has 0 spiro atoms. The van der Waals surface area contributed by atoms with Crippen molar-refractivity contribution >= 4 is 5.69 Å². The Hall–Kier alpha value is -1.02. The average molecular weight is 203 g/mol. The van der Waals surface area contributed by atoms with Gasteiger partial charge >= 0.3 is 0 Å². The predicted molar refractivity (Wildman–Crippen MR) is 61.1 cm³/mol. The van der Waals surface area contributed by atoms with Crippen molar-refractivity contribution < 1.29 is 4.74 Å². The van der Waals surface area contributed by atoms with Crippen LogP contribution in [0.4, 0.5) is 5.69 Å². The summed E-state index contributed by atoms with van der Waals surface area (Å²) in [6, 6.07) is 9.31. The highest BCUT2D eigenvalue weighted by Gasteiger charge is 2.28. The largest absolute Gasteiger partial charge is 0.381 e. The van der Waals surface area contributed by atoms with E-state index in [1.54, 1.807) is 0 Å². The summed E-state index contributed by atoms with van der Waals surface area (Å²) in [5.41, 5.74) is 2.82. The van der Waals surface area contributed by atoms with Crippen molar-refractivity contribution in [3.8, 4) is 0 Å². The van der Waals surface area contributed by atoms with E-state index < -0.39 is 0 Å². The molecule has 2 aliphatic rings. The first-order chi connectivity index (χ1) is 7.43. The summed E-state index contributed by atoms with van der Waals surface area (Å²) in [4.78, 5) is 0. The number of anilines is 1. The van der Waals surface area contributed by atoms with Gasteiger partial charge in [0, 0.05) is 24.9 Å². The molecule has 0 saturated carbocycles. The lowest BCUT2D eigenvalue weighted by Crippen LogP contribution is -2.31. The van der Waals surface area contributed by atoms with Gasteiger partial charge in [-0.3, -0.25) is 0 Å². The highest BCUT2D eigenvalue weighted by Crippen LogP contribution is 2.32. The van der Waals surface area contributed by atoms with Crippen LogP contribution in [0, 0.1) is 5.92 Å². The maximum absolute atomic E-state index is 5.41. The molecule has 1 atom stereocenters. The molecule has 0 aromatic heterocycles. The quantitative estimate of drug-likeness (QED) is 0.757. The number of para-hydroxylation sites is 1. The zero-order valence-corrected chi connectivity index (χ0v) is 8.91. The first-order valence-electron chi connectivity index (χ1n) is 5.86. The number of rotatable bonds is 1. The molecular formula is C13H17NO. The van der Waals surface area contributed by atoms with E-state index in [9.17, 15) is 0 Å². The topological polar surface area (TPSA) is 21.3 Å². The summed E-state index contributed by atoms with van der Waals surface area (Å²) in [5.74, 6) is 0.797. The molecule has 15 heavy (non-hydrogen) atoms. The minimum atomic E-state index is 0.645. The van der Waals surface area contributed by atoms with Crippen LogP contribution in [0.3, 0.4) is 0 Å². The van der Waals surface area contributed by atoms with Crippen LogP contribution in [0.1, 0.15) is 18.4 Å². The normalized spacial score (nSPS) is 26.0. The minimum Gasteiger partial charge on any atom is -0.381 e. The second-order valence-corrected chi connectivity index (χ2v) is 4.56. The van der Waals surface area contributed by atoms with E-state index in [2.05, 4.69) is 29.6 Å². The van der Waals surface area contributed by atoms with E-state index in [0.717, 1.165) is 19.1 Å². The van der Waals surface area contributed by atoms with Crippen LogP contribution < -0.4 is 5.32 Å². The summed E-state index contributed by atoms with van der Waals surface area (Å²) in [6.07, 6.45) is 3.62. The molecule has 1 aromatic carbocycles. The molecule has 1 N–H and O–H groups in total. The monoisotopic (exact) mass is 203 g/mol. The summed E-state index contributed by atoms with van der Waals surface area (Å²) in [7, 11) is 0. The highest BCUT2D eigenvalue weighted by atomic mass is 16.5. The van der Waals surface area contributed by atoms with Crippen LogP contribution >= 0.6 is 0 Å². The molecule has 1 unspecified atom stereocenters.